The third-order valence-electron chi connectivity index (χ3n) is 2.21. The van der Waals surface area contributed by atoms with Crippen LogP contribution in [0.3, 0.4) is 0 Å². The number of halogens is 1. The molecule has 0 aromatic rings. The summed E-state index contributed by atoms with van der Waals surface area (Å²) in [4.78, 5) is 10.9. The molecule has 0 bridgehead atoms. The Balaban J connectivity index is 4.13. The van der Waals surface area contributed by atoms with Gasteiger partial charge in [0.1, 0.15) is 0 Å². The Kier molecular flexibility index (Phi) is 10.7. The minimum atomic E-state index is -2.65. The molecule has 1 N–H and O–H groups in total. The van der Waals surface area contributed by atoms with Crippen LogP contribution in [0.4, 0.5) is 9.18 Å². The molecule has 0 aliphatic rings. The fourth-order valence-corrected chi connectivity index (χ4v) is 4.21. The zero-order valence-corrected chi connectivity index (χ0v) is 12.9. The number of hydrogen-bond acceptors (Lipinski definition) is 5. The van der Waals surface area contributed by atoms with Crippen LogP contribution >= 0.6 is 0 Å². The molecule has 0 saturated heterocycles. The lowest BCUT2D eigenvalue weighted by Gasteiger charge is -2.28. The summed E-state index contributed by atoms with van der Waals surface area (Å²) >= 11 is 0. The van der Waals surface area contributed by atoms with Crippen molar-refractivity contribution in [1.29, 1.82) is 0 Å². The Labute approximate surface area is 114 Å². The summed E-state index contributed by atoms with van der Waals surface area (Å²) in [7, 11) is -2.65. The normalized spacial score (nSPS) is 11.4. The van der Waals surface area contributed by atoms with Crippen LogP contribution in [0.5, 0.6) is 0 Å². The zero-order valence-electron chi connectivity index (χ0n) is 11.9. The van der Waals surface area contributed by atoms with E-state index in [2.05, 4.69) is 10.1 Å². The molecule has 8 heteroatoms. The first-order chi connectivity index (χ1) is 9.14. The van der Waals surface area contributed by atoms with Crippen molar-refractivity contribution in [2.24, 2.45) is 0 Å². The van der Waals surface area contributed by atoms with Crippen molar-refractivity contribution < 1.29 is 27.2 Å². The molecule has 1 amide bonds. The SMILES string of the molecule is CCO[Si](CCCNC(=O)OCF)(OCC)OCC. The van der Waals surface area contributed by atoms with E-state index in [1.807, 2.05) is 20.8 Å². The molecule has 0 spiro atoms. The van der Waals surface area contributed by atoms with Gasteiger partial charge < -0.3 is 23.3 Å². The largest absolute Gasteiger partial charge is 0.500 e. The zero-order chi connectivity index (χ0) is 14.6. The predicted octanol–water partition coefficient (Wildman–Crippen LogP) is 2.08. The second-order valence-electron chi connectivity index (χ2n) is 3.55. The highest BCUT2D eigenvalue weighted by molar-refractivity contribution is 6.60. The smallest absolute Gasteiger partial charge is 0.418 e. The lowest BCUT2D eigenvalue weighted by atomic mass is 10.5. The number of amides is 1. The number of alkyl carbamates (subject to hydrolysis) is 1. The van der Waals surface area contributed by atoms with Gasteiger partial charge >= 0.3 is 14.9 Å². The minimum Gasteiger partial charge on any atom is -0.418 e. The van der Waals surface area contributed by atoms with E-state index in [1.165, 1.54) is 0 Å². The van der Waals surface area contributed by atoms with Crippen molar-refractivity contribution >= 4 is 14.9 Å². The van der Waals surface area contributed by atoms with Gasteiger partial charge in [0, 0.05) is 32.4 Å². The van der Waals surface area contributed by atoms with Crippen molar-refractivity contribution in [2.45, 2.75) is 33.2 Å². The first-order valence-corrected chi connectivity index (χ1v) is 8.45. The molecule has 0 rings (SSSR count). The van der Waals surface area contributed by atoms with Gasteiger partial charge in [0.25, 0.3) is 0 Å². The third kappa shape index (κ3) is 8.14. The molecule has 0 aliphatic carbocycles. The van der Waals surface area contributed by atoms with Crippen molar-refractivity contribution in [2.75, 3.05) is 33.2 Å². The first kappa shape index (κ1) is 18.3. The number of ether oxygens (including phenoxy) is 1. The van der Waals surface area contributed by atoms with Crippen LogP contribution in [-0.4, -0.2) is 48.1 Å². The molecular weight excluding hydrogens is 273 g/mol. The quantitative estimate of drug-likeness (QED) is 0.467. The number of alkyl halides is 1. The third-order valence-corrected chi connectivity index (χ3v) is 5.36. The lowest BCUT2D eigenvalue weighted by Crippen LogP contribution is -2.46. The van der Waals surface area contributed by atoms with Crippen LogP contribution in [0.15, 0.2) is 0 Å². The number of rotatable bonds is 11. The summed E-state index contributed by atoms with van der Waals surface area (Å²) in [6, 6.07) is 0.596. The van der Waals surface area contributed by atoms with Gasteiger partial charge in [0.05, 0.1) is 0 Å². The molecule has 114 valence electrons. The molecule has 6 nitrogen and oxygen atoms in total. The summed E-state index contributed by atoms with van der Waals surface area (Å²) in [5, 5.41) is 2.44. The Hall–Kier alpha value is -0.703. The summed E-state index contributed by atoms with van der Waals surface area (Å²) < 4.78 is 32.8. The molecule has 0 aromatic carbocycles. The first-order valence-electron chi connectivity index (χ1n) is 6.52. The van der Waals surface area contributed by atoms with Crippen LogP contribution in [-0.2, 0) is 18.0 Å². The summed E-state index contributed by atoms with van der Waals surface area (Å²) in [5.74, 6) is 0. The number of nitrogens with one attached hydrogen (secondary N) is 1. The standard InChI is InChI=1S/C11H24FNO5Si/c1-4-16-19(17-5-2,18-6-3)9-7-8-13-11(14)15-10-12/h4-10H2,1-3H3,(H,13,14). The van der Waals surface area contributed by atoms with Gasteiger partial charge in [-0.25, -0.2) is 9.18 Å². The average Bonchev–Trinajstić information content (AvgIpc) is 2.36. The Morgan fingerprint density at radius 3 is 2.05 bits per heavy atom. The van der Waals surface area contributed by atoms with Crippen LogP contribution in [0.2, 0.25) is 6.04 Å². The molecule has 0 unspecified atom stereocenters. The van der Waals surface area contributed by atoms with Crippen LogP contribution in [0.1, 0.15) is 27.2 Å². The molecule has 0 atom stereocenters. The van der Waals surface area contributed by atoms with Gasteiger partial charge in [-0.3, -0.25) is 0 Å². The summed E-state index contributed by atoms with van der Waals surface area (Å²) in [6.45, 7) is 6.45. The van der Waals surface area contributed by atoms with E-state index in [9.17, 15) is 9.18 Å². The van der Waals surface area contributed by atoms with E-state index >= 15 is 0 Å². The maximum absolute atomic E-state index is 11.7. The molecule has 19 heavy (non-hydrogen) atoms. The fourth-order valence-electron chi connectivity index (χ4n) is 1.60. The van der Waals surface area contributed by atoms with Crippen molar-refractivity contribution in [3.63, 3.8) is 0 Å². The fraction of sp³-hybridized carbons (Fsp3) is 0.909. The molecule has 0 radical (unpaired) electrons. The minimum absolute atomic E-state index is 0.362. The number of carbonyl (C=O) groups is 1. The topological polar surface area (TPSA) is 66.0 Å². The molecule has 0 heterocycles. The van der Waals surface area contributed by atoms with E-state index < -0.39 is 21.8 Å². The maximum Gasteiger partial charge on any atom is 0.500 e. The summed E-state index contributed by atoms with van der Waals surface area (Å²) in [6.07, 6.45) is -0.146. The number of carbonyl (C=O) groups excluding carboxylic acids is 1. The monoisotopic (exact) mass is 297 g/mol. The van der Waals surface area contributed by atoms with Crippen molar-refractivity contribution in [1.82, 2.24) is 5.32 Å². The van der Waals surface area contributed by atoms with Crippen molar-refractivity contribution in [3.8, 4) is 0 Å². The van der Waals surface area contributed by atoms with Gasteiger partial charge in [-0.2, -0.15) is 0 Å². The van der Waals surface area contributed by atoms with Crippen LogP contribution in [0, 0.1) is 0 Å². The Morgan fingerprint density at radius 2 is 1.63 bits per heavy atom. The molecule has 0 aromatic heterocycles. The second-order valence-corrected chi connectivity index (χ2v) is 6.29. The molecule has 0 saturated carbocycles. The Bertz CT molecular complexity index is 228. The highest BCUT2D eigenvalue weighted by Crippen LogP contribution is 2.17. The number of hydrogen-bond donors (Lipinski definition) is 1. The highest BCUT2D eigenvalue weighted by Gasteiger charge is 2.39. The van der Waals surface area contributed by atoms with Crippen LogP contribution in [0.25, 0.3) is 0 Å². The Morgan fingerprint density at radius 1 is 1.11 bits per heavy atom. The molecule has 0 fully saturated rings. The van der Waals surface area contributed by atoms with Gasteiger partial charge in [-0.15, -0.1) is 0 Å². The van der Waals surface area contributed by atoms with Crippen molar-refractivity contribution in [3.05, 3.63) is 0 Å². The van der Waals surface area contributed by atoms with Gasteiger partial charge in [0.15, 0.2) is 0 Å². The van der Waals surface area contributed by atoms with Gasteiger partial charge in [-0.05, 0) is 27.2 Å². The maximum atomic E-state index is 11.7. The molecular formula is C11H24FNO5Si. The lowest BCUT2D eigenvalue weighted by molar-refractivity contribution is 0.0703. The average molecular weight is 297 g/mol. The van der Waals surface area contributed by atoms with E-state index in [0.717, 1.165) is 0 Å². The van der Waals surface area contributed by atoms with Gasteiger partial charge in [0.2, 0.25) is 6.86 Å². The van der Waals surface area contributed by atoms with E-state index in [1.54, 1.807) is 0 Å². The van der Waals surface area contributed by atoms with E-state index in [4.69, 9.17) is 13.3 Å². The van der Waals surface area contributed by atoms with Crippen LogP contribution < -0.4 is 5.32 Å². The van der Waals surface area contributed by atoms with Gasteiger partial charge in [-0.1, -0.05) is 0 Å². The van der Waals surface area contributed by atoms with E-state index in [-0.39, 0.29) is 0 Å². The summed E-state index contributed by atoms with van der Waals surface area (Å²) in [5.41, 5.74) is 0. The second kappa shape index (κ2) is 11.2. The predicted molar refractivity (Wildman–Crippen MR) is 70.5 cm³/mol. The van der Waals surface area contributed by atoms with E-state index in [0.29, 0.717) is 38.8 Å². The molecule has 0 aliphatic heterocycles. The highest BCUT2D eigenvalue weighted by atomic mass is 28.4.